The Morgan fingerprint density at radius 1 is 0.902 bits per heavy atom. The molecule has 3 saturated heterocycles. The van der Waals surface area contributed by atoms with Crippen LogP contribution in [0.15, 0.2) is 66.7 Å². The summed E-state index contributed by atoms with van der Waals surface area (Å²) in [5.74, 6) is -3.10. The predicted octanol–water partition coefficient (Wildman–Crippen LogP) is 5.01. The van der Waals surface area contributed by atoms with Crippen LogP contribution in [0.25, 0.3) is 10.8 Å². The number of nitrogens with zero attached hydrogens (tertiary/aromatic N) is 2. The van der Waals surface area contributed by atoms with Crippen LogP contribution in [-0.4, -0.2) is 56.7 Å². The van der Waals surface area contributed by atoms with Crippen LogP contribution in [0, 0.1) is 23.7 Å². The van der Waals surface area contributed by atoms with Gasteiger partial charge in [-0.1, -0.05) is 67.6 Å². The van der Waals surface area contributed by atoms with E-state index in [-0.39, 0.29) is 29.5 Å². The maximum atomic E-state index is 14.1. The Kier molecular flexibility index (Phi) is 6.64. The molecular weight excluding hydrogens is 516 g/mol. The molecule has 214 valence electrons. The molecule has 4 fully saturated rings. The van der Waals surface area contributed by atoms with Gasteiger partial charge in [-0.05, 0) is 54.7 Å². The molecule has 3 heterocycles. The lowest BCUT2D eigenvalue weighted by molar-refractivity contribution is -0.269. The number of amides is 2. The number of fused-ring (bicyclic) bond motifs is 4. The van der Waals surface area contributed by atoms with E-state index in [1.165, 1.54) is 5.56 Å². The van der Waals surface area contributed by atoms with Gasteiger partial charge in [0.25, 0.3) is 0 Å². The molecule has 41 heavy (non-hydrogen) atoms. The number of aliphatic hydroxyl groups is 1. The molecule has 2 N–H and O–H groups in total. The Balaban J connectivity index is 1.13. The summed E-state index contributed by atoms with van der Waals surface area (Å²) in [7, 11) is 0. The Morgan fingerprint density at radius 3 is 2.34 bits per heavy atom. The fourth-order valence-electron chi connectivity index (χ4n) is 8.29. The van der Waals surface area contributed by atoms with Crippen molar-refractivity contribution in [1.29, 1.82) is 0 Å². The number of carbonyl (C=O) groups is 2. The van der Waals surface area contributed by atoms with Crippen molar-refractivity contribution >= 4 is 22.6 Å². The summed E-state index contributed by atoms with van der Waals surface area (Å²) in [6.45, 7) is 4.58. The van der Waals surface area contributed by atoms with Crippen LogP contribution in [0.4, 0.5) is 0 Å². The topological polar surface area (TPSA) is 90.3 Å². The minimum absolute atomic E-state index is 0.0551. The summed E-state index contributed by atoms with van der Waals surface area (Å²) in [5, 5.41) is 24.1. The van der Waals surface area contributed by atoms with Gasteiger partial charge in [0.05, 0.1) is 17.9 Å². The zero-order valence-corrected chi connectivity index (χ0v) is 23.5. The SMILES string of the molecule is CC[C@H]1C[C@@H]2C(=O)N(C3CCN(Cc4ccccc4)CC3)C(=O)[C@@H]2[C@@H]2C[C@@H](c3ccc(O)c4ccccc34)O[C@]12O. The fraction of sp³-hybridized carbons (Fsp3) is 0.471. The van der Waals surface area contributed by atoms with E-state index in [0.717, 1.165) is 48.8 Å². The van der Waals surface area contributed by atoms with Gasteiger partial charge in [-0.15, -0.1) is 0 Å². The zero-order chi connectivity index (χ0) is 28.3. The molecule has 0 aromatic heterocycles. The van der Waals surface area contributed by atoms with Gasteiger partial charge < -0.3 is 14.9 Å². The third-order valence-corrected chi connectivity index (χ3v) is 10.3. The molecule has 1 saturated carbocycles. The molecule has 0 radical (unpaired) electrons. The summed E-state index contributed by atoms with van der Waals surface area (Å²) >= 11 is 0. The molecule has 7 rings (SSSR count). The van der Waals surface area contributed by atoms with Crippen LogP contribution in [-0.2, 0) is 20.9 Å². The van der Waals surface area contributed by atoms with Crippen LogP contribution in [0.1, 0.15) is 56.3 Å². The molecule has 3 aromatic carbocycles. The third-order valence-electron chi connectivity index (χ3n) is 10.3. The van der Waals surface area contributed by atoms with Crippen LogP contribution in [0.3, 0.4) is 0 Å². The quantitative estimate of drug-likeness (QED) is 0.431. The first kappa shape index (κ1) is 26.6. The Hall–Kier alpha value is -3.26. The Bertz CT molecular complexity index is 1470. The van der Waals surface area contributed by atoms with E-state index in [9.17, 15) is 19.8 Å². The highest BCUT2D eigenvalue weighted by Crippen LogP contribution is 2.59. The first-order chi connectivity index (χ1) is 19.9. The fourth-order valence-corrected chi connectivity index (χ4v) is 8.29. The highest BCUT2D eigenvalue weighted by atomic mass is 16.6. The number of benzene rings is 3. The van der Waals surface area contributed by atoms with Crippen LogP contribution in [0.5, 0.6) is 5.75 Å². The molecule has 1 aliphatic carbocycles. The lowest BCUT2D eigenvalue weighted by Gasteiger charge is -2.44. The average molecular weight is 555 g/mol. The first-order valence-electron chi connectivity index (χ1n) is 15.1. The van der Waals surface area contributed by atoms with Gasteiger partial charge in [0.1, 0.15) is 5.75 Å². The second-order valence-electron chi connectivity index (χ2n) is 12.4. The maximum Gasteiger partial charge on any atom is 0.233 e. The van der Waals surface area contributed by atoms with Crippen molar-refractivity contribution in [2.45, 2.75) is 63.5 Å². The first-order valence-corrected chi connectivity index (χ1v) is 15.1. The molecule has 0 unspecified atom stereocenters. The van der Waals surface area contributed by atoms with Crippen molar-refractivity contribution in [3.8, 4) is 5.75 Å². The lowest BCUT2D eigenvalue weighted by atomic mass is 9.64. The molecule has 4 aliphatic rings. The largest absolute Gasteiger partial charge is 0.507 e. The van der Waals surface area contributed by atoms with E-state index in [4.69, 9.17) is 4.74 Å². The second kappa shape index (κ2) is 10.2. The number of phenols is 1. The van der Waals surface area contributed by atoms with Gasteiger partial charge in [-0.3, -0.25) is 19.4 Å². The molecule has 6 atom stereocenters. The number of rotatable bonds is 5. The third kappa shape index (κ3) is 4.28. The number of hydrogen-bond donors (Lipinski definition) is 2. The van der Waals surface area contributed by atoms with Gasteiger partial charge in [0, 0.05) is 42.9 Å². The number of piperidine rings is 1. The van der Waals surface area contributed by atoms with Gasteiger partial charge in [0.2, 0.25) is 11.8 Å². The van der Waals surface area contributed by atoms with E-state index in [2.05, 4.69) is 29.2 Å². The van der Waals surface area contributed by atoms with Gasteiger partial charge in [-0.25, -0.2) is 0 Å². The summed E-state index contributed by atoms with van der Waals surface area (Å²) in [4.78, 5) is 32.0. The van der Waals surface area contributed by atoms with E-state index in [0.29, 0.717) is 19.3 Å². The monoisotopic (exact) mass is 554 g/mol. The van der Waals surface area contributed by atoms with Crippen molar-refractivity contribution in [1.82, 2.24) is 9.80 Å². The summed E-state index contributed by atoms with van der Waals surface area (Å²) in [6.07, 6.45) is 2.71. The van der Waals surface area contributed by atoms with Gasteiger partial charge in [0.15, 0.2) is 5.79 Å². The van der Waals surface area contributed by atoms with Gasteiger partial charge >= 0.3 is 0 Å². The van der Waals surface area contributed by atoms with Crippen LogP contribution < -0.4 is 0 Å². The number of aromatic hydroxyl groups is 1. The van der Waals surface area contributed by atoms with Crippen LogP contribution in [0.2, 0.25) is 0 Å². The standard InChI is InChI=1S/C34H38N2O5/c1-2-22-18-27-31(28-19-30(41-34(22,28)40)26-12-13-29(37)25-11-7-6-10-24(25)26)33(39)36(32(27)38)23-14-16-35(17-15-23)20-21-8-4-3-5-9-21/h3-13,22-23,27-28,30-31,37,40H,2,14-20H2,1H3/t22-,27-,28-,30-,31-,34+/m0/s1. The number of likely N-dealkylation sites (tertiary alicyclic amines) is 2. The Labute approximate surface area is 240 Å². The van der Waals surface area contributed by atoms with E-state index in [1.807, 2.05) is 43.3 Å². The lowest BCUT2D eigenvalue weighted by Crippen LogP contribution is -2.53. The van der Waals surface area contributed by atoms with Crippen molar-refractivity contribution in [2.75, 3.05) is 13.1 Å². The number of imide groups is 1. The highest BCUT2D eigenvalue weighted by Gasteiger charge is 2.66. The summed E-state index contributed by atoms with van der Waals surface area (Å²) < 4.78 is 6.52. The molecule has 3 aliphatic heterocycles. The predicted molar refractivity (Wildman–Crippen MR) is 154 cm³/mol. The normalized spacial score (nSPS) is 32.4. The smallest absolute Gasteiger partial charge is 0.233 e. The van der Waals surface area contributed by atoms with E-state index < -0.39 is 29.6 Å². The Morgan fingerprint density at radius 2 is 1.61 bits per heavy atom. The molecule has 0 spiro atoms. The van der Waals surface area contributed by atoms with Crippen molar-refractivity contribution < 1.29 is 24.5 Å². The number of hydrogen-bond acceptors (Lipinski definition) is 6. The molecular formula is C34H38N2O5. The van der Waals surface area contributed by atoms with Crippen molar-refractivity contribution in [2.24, 2.45) is 23.7 Å². The average Bonchev–Trinajstić information content (AvgIpc) is 3.47. The minimum atomic E-state index is -1.47. The maximum absolute atomic E-state index is 14.1. The molecule has 3 aromatic rings. The summed E-state index contributed by atoms with van der Waals surface area (Å²) in [5.41, 5.74) is 2.17. The number of carbonyl (C=O) groups excluding carboxylic acids is 2. The second-order valence-corrected chi connectivity index (χ2v) is 12.4. The molecule has 2 amide bonds. The van der Waals surface area contributed by atoms with Crippen LogP contribution >= 0.6 is 0 Å². The highest BCUT2D eigenvalue weighted by molar-refractivity contribution is 6.06. The van der Waals surface area contributed by atoms with E-state index in [1.54, 1.807) is 11.0 Å². The molecule has 7 nitrogen and oxygen atoms in total. The van der Waals surface area contributed by atoms with Gasteiger partial charge in [-0.2, -0.15) is 0 Å². The van der Waals surface area contributed by atoms with Crippen molar-refractivity contribution in [3.63, 3.8) is 0 Å². The molecule has 0 bridgehead atoms. The molecule has 7 heteroatoms. The van der Waals surface area contributed by atoms with E-state index >= 15 is 0 Å². The minimum Gasteiger partial charge on any atom is -0.507 e. The summed E-state index contributed by atoms with van der Waals surface area (Å²) in [6, 6.07) is 21.5. The number of ether oxygens (including phenoxy) is 1. The zero-order valence-electron chi connectivity index (χ0n) is 23.5. The van der Waals surface area contributed by atoms with Crippen molar-refractivity contribution in [3.05, 3.63) is 77.9 Å². The number of phenolic OH excluding ortho intramolecular Hbond substituents is 1.